The summed E-state index contributed by atoms with van der Waals surface area (Å²) in [5.41, 5.74) is 0. The van der Waals surface area contributed by atoms with Crippen LogP contribution >= 0.6 is 0 Å². The number of piperazine rings is 1. The Morgan fingerprint density at radius 1 is 1.39 bits per heavy atom. The number of morpholine rings is 1. The summed E-state index contributed by atoms with van der Waals surface area (Å²) in [6, 6.07) is 1.39. The maximum Gasteiger partial charge on any atom is 0.133 e. The van der Waals surface area contributed by atoms with Gasteiger partial charge in [0, 0.05) is 44.3 Å². The van der Waals surface area contributed by atoms with Crippen LogP contribution in [0.1, 0.15) is 13.8 Å². The van der Waals surface area contributed by atoms with Gasteiger partial charge in [-0.05, 0) is 13.8 Å². The average Bonchev–Trinajstić information content (AvgIpc) is 2.35. The third kappa shape index (κ3) is 3.51. The zero-order valence-electron chi connectivity index (χ0n) is 11.5. The molecule has 0 saturated carbocycles. The number of rotatable bonds is 4. The lowest BCUT2D eigenvalue weighted by molar-refractivity contribution is -0.110. The molecule has 18 heavy (non-hydrogen) atoms. The van der Waals surface area contributed by atoms with Gasteiger partial charge in [0.2, 0.25) is 0 Å². The van der Waals surface area contributed by atoms with Crippen molar-refractivity contribution in [2.45, 2.75) is 32.0 Å². The van der Waals surface area contributed by atoms with Crippen molar-refractivity contribution in [2.75, 3.05) is 45.9 Å². The van der Waals surface area contributed by atoms with Crippen molar-refractivity contribution in [1.29, 1.82) is 0 Å². The van der Waals surface area contributed by atoms with E-state index in [9.17, 15) is 4.79 Å². The van der Waals surface area contributed by atoms with E-state index in [1.165, 1.54) is 0 Å². The van der Waals surface area contributed by atoms with E-state index in [1.54, 1.807) is 0 Å². The minimum atomic E-state index is 0.437. The lowest BCUT2D eigenvalue weighted by Crippen LogP contribution is -2.60. The number of aldehydes is 1. The number of carbonyl (C=O) groups excluding carboxylic acids is 1. The van der Waals surface area contributed by atoms with Gasteiger partial charge >= 0.3 is 0 Å². The highest BCUT2D eigenvalue weighted by Gasteiger charge is 2.29. The van der Waals surface area contributed by atoms with E-state index >= 15 is 0 Å². The molecule has 0 unspecified atom stereocenters. The lowest BCUT2D eigenvalue weighted by atomic mass is 10.1. The van der Waals surface area contributed by atoms with Gasteiger partial charge in [-0.1, -0.05) is 0 Å². The van der Waals surface area contributed by atoms with Crippen LogP contribution in [0.3, 0.4) is 0 Å². The molecule has 2 heterocycles. The summed E-state index contributed by atoms with van der Waals surface area (Å²) in [6.45, 7) is 10.5. The van der Waals surface area contributed by atoms with Crippen LogP contribution in [0.5, 0.6) is 0 Å². The highest BCUT2D eigenvalue weighted by Crippen LogP contribution is 2.12. The Balaban J connectivity index is 1.90. The van der Waals surface area contributed by atoms with Crippen LogP contribution < -0.4 is 5.32 Å². The van der Waals surface area contributed by atoms with Crippen molar-refractivity contribution >= 4 is 6.29 Å². The summed E-state index contributed by atoms with van der Waals surface area (Å²) in [7, 11) is 0. The molecule has 0 radical (unpaired) electrons. The number of ether oxygens (including phenoxy) is 1. The molecule has 0 aromatic carbocycles. The molecule has 2 aliphatic heterocycles. The Kier molecular flexibility index (Phi) is 5.12. The summed E-state index contributed by atoms with van der Waals surface area (Å²) in [6.07, 6.45) is 1.02. The van der Waals surface area contributed by atoms with Crippen molar-refractivity contribution in [2.24, 2.45) is 0 Å². The van der Waals surface area contributed by atoms with E-state index in [-0.39, 0.29) is 0 Å². The van der Waals surface area contributed by atoms with Gasteiger partial charge in [-0.25, -0.2) is 0 Å². The molecular weight excluding hydrogens is 230 g/mol. The molecule has 0 aromatic heterocycles. The van der Waals surface area contributed by atoms with Crippen LogP contribution in [-0.2, 0) is 9.53 Å². The smallest absolute Gasteiger partial charge is 0.133 e. The maximum atomic E-state index is 10.8. The fraction of sp³-hybridized carbons (Fsp3) is 0.923. The van der Waals surface area contributed by atoms with Crippen LogP contribution in [0, 0.1) is 0 Å². The monoisotopic (exact) mass is 255 g/mol. The number of nitrogens with zero attached hydrogens (tertiary/aromatic N) is 2. The molecule has 2 fully saturated rings. The molecular formula is C13H25N3O2. The maximum absolute atomic E-state index is 10.8. The Hall–Kier alpha value is -0.490. The quantitative estimate of drug-likeness (QED) is 0.691. The molecule has 2 aliphatic rings. The molecule has 5 nitrogen and oxygen atoms in total. The van der Waals surface area contributed by atoms with E-state index in [0.717, 1.165) is 45.7 Å². The largest absolute Gasteiger partial charge is 0.379 e. The molecule has 0 amide bonds. The van der Waals surface area contributed by atoms with E-state index in [2.05, 4.69) is 29.0 Å². The fourth-order valence-corrected chi connectivity index (χ4v) is 2.83. The molecule has 0 aliphatic carbocycles. The first-order valence-corrected chi connectivity index (χ1v) is 6.93. The lowest BCUT2D eigenvalue weighted by Gasteiger charge is -2.43. The topological polar surface area (TPSA) is 44.8 Å². The molecule has 0 bridgehead atoms. The van der Waals surface area contributed by atoms with Gasteiger partial charge < -0.3 is 14.8 Å². The van der Waals surface area contributed by atoms with Crippen molar-refractivity contribution in [3.8, 4) is 0 Å². The Labute approximate surface area is 109 Å². The third-order valence-electron chi connectivity index (χ3n) is 3.99. The standard InChI is InChI=1S/C13H25N3O2/c1-11-8-16(3-5-17)13(7-14-11)9-15-4-6-18-10-12(15)2/h5,11-14H,3-4,6-10H2,1-2H3/t11-,12-,13-/m1/s1. The van der Waals surface area contributed by atoms with Crippen LogP contribution in [0.15, 0.2) is 0 Å². The normalized spacial score (nSPS) is 35.6. The Morgan fingerprint density at radius 3 is 2.94 bits per heavy atom. The summed E-state index contributed by atoms with van der Waals surface area (Å²) >= 11 is 0. The zero-order chi connectivity index (χ0) is 13.0. The predicted molar refractivity (Wildman–Crippen MR) is 70.7 cm³/mol. The minimum absolute atomic E-state index is 0.437. The van der Waals surface area contributed by atoms with Crippen molar-refractivity contribution in [3.05, 3.63) is 0 Å². The summed E-state index contributed by atoms with van der Waals surface area (Å²) in [4.78, 5) is 15.6. The minimum Gasteiger partial charge on any atom is -0.379 e. The van der Waals surface area contributed by atoms with Crippen LogP contribution in [0.4, 0.5) is 0 Å². The second kappa shape index (κ2) is 6.61. The first-order valence-electron chi connectivity index (χ1n) is 6.93. The van der Waals surface area contributed by atoms with Crippen molar-refractivity contribution < 1.29 is 9.53 Å². The number of nitrogens with one attached hydrogen (secondary N) is 1. The predicted octanol–water partition coefficient (Wildman–Crippen LogP) is -0.432. The molecule has 5 heteroatoms. The van der Waals surface area contributed by atoms with Gasteiger partial charge in [0.05, 0.1) is 19.8 Å². The van der Waals surface area contributed by atoms with Gasteiger partial charge in [0.25, 0.3) is 0 Å². The first-order chi connectivity index (χ1) is 8.70. The molecule has 2 rings (SSSR count). The SMILES string of the molecule is C[C@@H]1CN(CC=O)[C@@H](CN2CCOC[C@H]2C)CN1. The van der Waals surface area contributed by atoms with Gasteiger partial charge in [-0.15, -0.1) is 0 Å². The summed E-state index contributed by atoms with van der Waals surface area (Å²) in [5, 5.41) is 3.51. The third-order valence-corrected chi connectivity index (χ3v) is 3.99. The van der Waals surface area contributed by atoms with Gasteiger partial charge in [0.1, 0.15) is 6.29 Å². The number of hydrogen-bond acceptors (Lipinski definition) is 5. The van der Waals surface area contributed by atoms with Gasteiger partial charge in [-0.2, -0.15) is 0 Å². The summed E-state index contributed by atoms with van der Waals surface area (Å²) < 4.78 is 5.47. The second-order valence-corrected chi connectivity index (χ2v) is 5.50. The Bertz CT molecular complexity index is 275. The highest BCUT2D eigenvalue weighted by atomic mass is 16.5. The van der Waals surface area contributed by atoms with E-state index < -0.39 is 0 Å². The van der Waals surface area contributed by atoms with E-state index in [0.29, 0.717) is 24.7 Å². The van der Waals surface area contributed by atoms with Gasteiger partial charge in [-0.3, -0.25) is 9.80 Å². The molecule has 3 atom stereocenters. The number of carbonyl (C=O) groups is 1. The average molecular weight is 255 g/mol. The van der Waals surface area contributed by atoms with Crippen LogP contribution in [-0.4, -0.2) is 80.1 Å². The summed E-state index contributed by atoms with van der Waals surface area (Å²) in [5.74, 6) is 0. The van der Waals surface area contributed by atoms with Crippen LogP contribution in [0.25, 0.3) is 0 Å². The zero-order valence-corrected chi connectivity index (χ0v) is 11.5. The van der Waals surface area contributed by atoms with E-state index in [1.807, 2.05) is 0 Å². The second-order valence-electron chi connectivity index (χ2n) is 5.50. The molecule has 104 valence electrons. The van der Waals surface area contributed by atoms with Gasteiger partial charge in [0.15, 0.2) is 0 Å². The molecule has 0 spiro atoms. The first kappa shape index (κ1) is 13.9. The van der Waals surface area contributed by atoms with Crippen molar-refractivity contribution in [3.63, 3.8) is 0 Å². The van der Waals surface area contributed by atoms with E-state index in [4.69, 9.17) is 4.74 Å². The Morgan fingerprint density at radius 2 is 2.22 bits per heavy atom. The fourth-order valence-electron chi connectivity index (χ4n) is 2.83. The molecule has 2 saturated heterocycles. The number of hydrogen-bond donors (Lipinski definition) is 1. The van der Waals surface area contributed by atoms with Crippen molar-refractivity contribution in [1.82, 2.24) is 15.1 Å². The molecule has 1 N–H and O–H groups in total. The van der Waals surface area contributed by atoms with Crippen LogP contribution in [0.2, 0.25) is 0 Å². The highest BCUT2D eigenvalue weighted by molar-refractivity contribution is 5.52. The molecule has 0 aromatic rings.